The van der Waals surface area contributed by atoms with Crippen LogP contribution in [0.3, 0.4) is 0 Å². The molecule has 0 fully saturated rings. The average Bonchev–Trinajstić information content (AvgIpc) is 2.62. The minimum absolute atomic E-state index is 0.0234. The van der Waals surface area contributed by atoms with Gasteiger partial charge >= 0.3 is 0 Å². The molecule has 110 valence electrons. The van der Waals surface area contributed by atoms with Crippen LogP contribution < -0.4 is 5.43 Å². The smallest absolute Gasteiger partial charge is 0.193 e. The van der Waals surface area contributed by atoms with Crippen molar-refractivity contribution in [1.29, 1.82) is 0 Å². The van der Waals surface area contributed by atoms with E-state index in [0.717, 1.165) is 16.7 Å². The predicted octanol–water partition coefficient (Wildman–Crippen LogP) is 5.13. The average molecular weight is 298 g/mol. The summed E-state index contributed by atoms with van der Waals surface area (Å²) in [7, 11) is 0. The molecule has 2 nitrogen and oxygen atoms in total. The molecule has 0 unspecified atom stereocenters. The van der Waals surface area contributed by atoms with E-state index in [2.05, 4.69) is 12.1 Å². The first-order chi connectivity index (χ1) is 11.3. The molecule has 0 saturated heterocycles. The number of para-hydroxylation sites is 1. The fraction of sp³-hybridized carbons (Fsp3) is 0. The zero-order chi connectivity index (χ0) is 15.6. The molecule has 0 atom stereocenters. The van der Waals surface area contributed by atoms with E-state index in [1.165, 1.54) is 0 Å². The van der Waals surface area contributed by atoms with Crippen LogP contribution >= 0.6 is 0 Å². The lowest BCUT2D eigenvalue weighted by Crippen LogP contribution is -2.00. The lowest BCUT2D eigenvalue weighted by atomic mass is 9.98. The van der Waals surface area contributed by atoms with Gasteiger partial charge in [0.1, 0.15) is 11.3 Å². The van der Waals surface area contributed by atoms with Crippen molar-refractivity contribution in [3.63, 3.8) is 0 Å². The highest BCUT2D eigenvalue weighted by molar-refractivity contribution is 5.84. The fourth-order valence-corrected chi connectivity index (χ4v) is 2.80. The van der Waals surface area contributed by atoms with Gasteiger partial charge in [-0.3, -0.25) is 4.79 Å². The highest BCUT2D eigenvalue weighted by atomic mass is 16.3. The summed E-state index contributed by atoms with van der Waals surface area (Å²) in [6.45, 7) is 0. The van der Waals surface area contributed by atoms with Gasteiger partial charge in [-0.05, 0) is 23.3 Å². The Morgan fingerprint density at radius 2 is 1.30 bits per heavy atom. The van der Waals surface area contributed by atoms with E-state index in [9.17, 15) is 4.79 Å². The molecule has 0 radical (unpaired) electrons. The van der Waals surface area contributed by atoms with Gasteiger partial charge in [0.25, 0.3) is 0 Å². The van der Waals surface area contributed by atoms with Gasteiger partial charge in [-0.15, -0.1) is 0 Å². The first kappa shape index (κ1) is 13.5. The summed E-state index contributed by atoms with van der Waals surface area (Å²) in [6, 6.07) is 27.0. The third kappa shape index (κ3) is 2.44. The van der Waals surface area contributed by atoms with E-state index in [4.69, 9.17) is 4.42 Å². The number of hydrogen-bond donors (Lipinski definition) is 0. The second-order valence-electron chi connectivity index (χ2n) is 5.38. The van der Waals surface area contributed by atoms with Crippen LogP contribution in [0.25, 0.3) is 33.4 Å². The molecule has 1 aromatic heterocycles. The van der Waals surface area contributed by atoms with Crippen LogP contribution in [0.4, 0.5) is 0 Å². The van der Waals surface area contributed by atoms with Gasteiger partial charge in [0.2, 0.25) is 0 Å². The van der Waals surface area contributed by atoms with Gasteiger partial charge < -0.3 is 4.42 Å². The number of benzene rings is 3. The maximum atomic E-state index is 12.4. The van der Waals surface area contributed by atoms with Crippen molar-refractivity contribution in [3.8, 4) is 22.5 Å². The molecule has 0 bridgehead atoms. The van der Waals surface area contributed by atoms with Crippen LogP contribution in [-0.2, 0) is 0 Å². The normalized spacial score (nSPS) is 10.8. The van der Waals surface area contributed by atoms with Crippen molar-refractivity contribution in [3.05, 3.63) is 95.2 Å². The standard InChI is InChI=1S/C21H14O2/c22-19-14-21(23-20-13-7-6-12-18(19)20)17-11-5-4-10-16(17)15-8-2-1-3-9-15/h1-14H. The molecule has 23 heavy (non-hydrogen) atoms. The van der Waals surface area contributed by atoms with E-state index in [1.54, 1.807) is 12.1 Å². The van der Waals surface area contributed by atoms with Crippen LogP contribution in [0.2, 0.25) is 0 Å². The van der Waals surface area contributed by atoms with Gasteiger partial charge in [-0.25, -0.2) is 0 Å². The third-order valence-electron chi connectivity index (χ3n) is 3.91. The molecule has 3 aromatic carbocycles. The summed E-state index contributed by atoms with van der Waals surface area (Å²) in [4.78, 5) is 12.4. The van der Waals surface area contributed by atoms with Crippen LogP contribution in [0.5, 0.6) is 0 Å². The SMILES string of the molecule is O=c1cc(-c2ccccc2-c2ccccc2)oc2ccccc12. The van der Waals surface area contributed by atoms with Crippen molar-refractivity contribution in [2.24, 2.45) is 0 Å². The lowest BCUT2D eigenvalue weighted by molar-refractivity contribution is 0.619. The lowest BCUT2D eigenvalue weighted by Gasteiger charge is -2.09. The van der Waals surface area contributed by atoms with Crippen LogP contribution in [0, 0.1) is 0 Å². The van der Waals surface area contributed by atoms with E-state index < -0.39 is 0 Å². The summed E-state index contributed by atoms with van der Waals surface area (Å²) in [5.41, 5.74) is 3.65. The Morgan fingerprint density at radius 3 is 2.13 bits per heavy atom. The molecule has 0 saturated carbocycles. The third-order valence-corrected chi connectivity index (χ3v) is 3.91. The predicted molar refractivity (Wildman–Crippen MR) is 93.4 cm³/mol. The Bertz CT molecular complexity index is 1030. The van der Waals surface area contributed by atoms with Crippen molar-refractivity contribution >= 4 is 11.0 Å². The maximum Gasteiger partial charge on any atom is 0.193 e. The molecule has 0 aliphatic carbocycles. The highest BCUT2D eigenvalue weighted by Gasteiger charge is 2.11. The van der Waals surface area contributed by atoms with Crippen LogP contribution in [0.15, 0.2) is 94.1 Å². The van der Waals surface area contributed by atoms with Gasteiger partial charge in [0, 0.05) is 11.6 Å². The zero-order valence-electron chi connectivity index (χ0n) is 12.4. The molecule has 4 aromatic rings. The fourth-order valence-electron chi connectivity index (χ4n) is 2.80. The van der Waals surface area contributed by atoms with E-state index in [0.29, 0.717) is 16.7 Å². The first-order valence-electron chi connectivity index (χ1n) is 7.51. The summed E-state index contributed by atoms with van der Waals surface area (Å²) >= 11 is 0. The molecule has 0 amide bonds. The molecule has 0 spiro atoms. The van der Waals surface area contributed by atoms with Gasteiger partial charge in [0.15, 0.2) is 5.43 Å². The monoisotopic (exact) mass is 298 g/mol. The molecule has 0 aliphatic rings. The Hall–Kier alpha value is -3.13. The van der Waals surface area contributed by atoms with Gasteiger partial charge in [0.05, 0.1) is 5.39 Å². The molecule has 1 heterocycles. The molecular formula is C21H14O2. The number of fused-ring (bicyclic) bond motifs is 1. The largest absolute Gasteiger partial charge is 0.456 e. The van der Waals surface area contributed by atoms with Crippen LogP contribution in [-0.4, -0.2) is 0 Å². The summed E-state index contributed by atoms with van der Waals surface area (Å²) in [6.07, 6.45) is 0. The first-order valence-corrected chi connectivity index (χ1v) is 7.51. The van der Waals surface area contributed by atoms with E-state index in [-0.39, 0.29) is 5.43 Å². The minimum Gasteiger partial charge on any atom is -0.456 e. The topological polar surface area (TPSA) is 30.2 Å². The Balaban J connectivity index is 1.97. The Kier molecular flexibility index (Phi) is 3.28. The van der Waals surface area contributed by atoms with Crippen molar-refractivity contribution in [1.82, 2.24) is 0 Å². The number of rotatable bonds is 2. The summed E-state index contributed by atoms with van der Waals surface area (Å²) in [5.74, 6) is 0.591. The van der Waals surface area contributed by atoms with Crippen molar-refractivity contribution < 1.29 is 4.42 Å². The van der Waals surface area contributed by atoms with Crippen molar-refractivity contribution in [2.75, 3.05) is 0 Å². The van der Waals surface area contributed by atoms with Gasteiger partial charge in [-0.2, -0.15) is 0 Å². The van der Waals surface area contributed by atoms with Crippen molar-refractivity contribution in [2.45, 2.75) is 0 Å². The Morgan fingerprint density at radius 1 is 0.652 bits per heavy atom. The van der Waals surface area contributed by atoms with E-state index >= 15 is 0 Å². The summed E-state index contributed by atoms with van der Waals surface area (Å²) in [5, 5.41) is 0.605. The Labute approximate surface area is 133 Å². The molecule has 0 N–H and O–H groups in total. The second-order valence-corrected chi connectivity index (χ2v) is 5.38. The summed E-state index contributed by atoms with van der Waals surface area (Å²) < 4.78 is 5.99. The minimum atomic E-state index is -0.0234. The second kappa shape index (κ2) is 5.58. The quantitative estimate of drug-likeness (QED) is 0.513. The van der Waals surface area contributed by atoms with Gasteiger partial charge in [-0.1, -0.05) is 66.7 Å². The van der Waals surface area contributed by atoms with Crippen LogP contribution in [0.1, 0.15) is 0 Å². The molecule has 2 heteroatoms. The molecular weight excluding hydrogens is 284 g/mol. The van der Waals surface area contributed by atoms with E-state index in [1.807, 2.05) is 60.7 Å². The molecule has 0 aliphatic heterocycles. The maximum absolute atomic E-state index is 12.4. The zero-order valence-corrected chi connectivity index (χ0v) is 12.4. The number of hydrogen-bond acceptors (Lipinski definition) is 2. The molecule has 4 rings (SSSR count). The highest BCUT2D eigenvalue weighted by Crippen LogP contribution is 2.32.